The van der Waals surface area contributed by atoms with E-state index >= 15 is 0 Å². The Labute approximate surface area is 166 Å². The first-order valence-electron chi connectivity index (χ1n) is 8.74. The smallest absolute Gasteiger partial charge is 0.193 e. The van der Waals surface area contributed by atoms with Crippen LogP contribution >= 0.6 is 35.3 Å². The third kappa shape index (κ3) is 5.57. The molecule has 0 aliphatic carbocycles. The summed E-state index contributed by atoms with van der Waals surface area (Å²) in [5.41, 5.74) is 0. The van der Waals surface area contributed by atoms with E-state index in [0.29, 0.717) is 6.04 Å². The van der Waals surface area contributed by atoms with Crippen molar-refractivity contribution < 1.29 is 4.74 Å². The Hall–Kier alpha value is -0.380. The van der Waals surface area contributed by atoms with Crippen LogP contribution in [0.15, 0.2) is 22.5 Å². The minimum atomic E-state index is 0. The SMILES string of the molecule is CCNC(=NCCc1cccs1)N1CCC(N2CCOCC2)C1.I. The highest BCUT2D eigenvalue weighted by Crippen LogP contribution is 2.17. The summed E-state index contributed by atoms with van der Waals surface area (Å²) in [4.78, 5) is 11.3. The molecule has 2 aliphatic rings. The summed E-state index contributed by atoms with van der Waals surface area (Å²) < 4.78 is 5.47. The number of rotatable bonds is 5. The zero-order valence-corrected chi connectivity index (χ0v) is 17.6. The highest BCUT2D eigenvalue weighted by molar-refractivity contribution is 14.0. The lowest BCUT2D eigenvalue weighted by Crippen LogP contribution is -2.46. The molecule has 1 aromatic rings. The second-order valence-electron chi connectivity index (χ2n) is 6.10. The van der Waals surface area contributed by atoms with E-state index in [1.54, 1.807) is 0 Å². The second kappa shape index (κ2) is 10.6. The molecule has 0 radical (unpaired) electrons. The molecule has 0 aromatic carbocycles. The number of ether oxygens (including phenoxy) is 1. The van der Waals surface area contributed by atoms with Gasteiger partial charge in [0.15, 0.2) is 5.96 Å². The lowest BCUT2D eigenvalue weighted by Gasteiger charge is -2.32. The fraction of sp³-hybridized carbons (Fsp3) is 0.706. The topological polar surface area (TPSA) is 40.1 Å². The van der Waals surface area contributed by atoms with E-state index in [1.165, 1.54) is 11.3 Å². The van der Waals surface area contributed by atoms with Crippen molar-refractivity contribution in [2.24, 2.45) is 4.99 Å². The number of likely N-dealkylation sites (tertiary alicyclic amines) is 1. The van der Waals surface area contributed by atoms with E-state index in [2.05, 4.69) is 39.6 Å². The number of hydrogen-bond acceptors (Lipinski definition) is 4. The van der Waals surface area contributed by atoms with E-state index in [0.717, 1.165) is 64.9 Å². The van der Waals surface area contributed by atoms with Gasteiger partial charge in [0, 0.05) is 56.6 Å². The maximum absolute atomic E-state index is 5.47. The van der Waals surface area contributed by atoms with Gasteiger partial charge in [-0.15, -0.1) is 35.3 Å². The molecule has 2 saturated heterocycles. The van der Waals surface area contributed by atoms with Gasteiger partial charge < -0.3 is 15.0 Å². The highest BCUT2D eigenvalue weighted by Gasteiger charge is 2.30. The van der Waals surface area contributed by atoms with Crippen LogP contribution in [0.3, 0.4) is 0 Å². The summed E-state index contributed by atoms with van der Waals surface area (Å²) in [5, 5.41) is 5.60. The number of aliphatic imine (C=N–C) groups is 1. The minimum absolute atomic E-state index is 0. The molecule has 7 heteroatoms. The Morgan fingerprint density at radius 1 is 1.38 bits per heavy atom. The van der Waals surface area contributed by atoms with Crippen LogP contribution in [-0.2, 0) is 11.2 Å². The van der Waals surface area contributed by atoms with Crippen LogP contribution in [0.25, 0.3) is 0 Å². The number of guanidine groups is 1. The third-order valence-corrected chi connectivity index (χ3v) is 5.50. The highest BCUT2D eigenvalue weighted by atomic mass is 127. The van der Waals surface area contributed by atoms with Gasteiger partial charge in [0.1, 0.15) is 0 Å². The molecule has 1 unspecified atom stereocenters. The van der Waals surface area contributed by atoms with Gasteiger partial charge in [-0.3, -0.25) is 9.89 Å². The fourth-order valence-corrected chi connectivity index (χ4v) is 4.03. The standard InChI is InChI=1S/C17H28N4OS.HI/c1-2-18-17(19-7-5-16-4-3-13-23-16)21-8-6-15(14-21)20-9-11-22-12-10-20;/h3-4,13,15H,2,5-12,14H2,1H3,(H,18,19);1H. The molecule has 0 saturated carbocycles. The normalized spacial score (nSPS) is 22.5. The average Bonchev–Trinajstić information content (AvgIpc) is 3.27. The number of thiophene rings is 1. The summed E-state index contributed by atoms with van der Waals surface area (Å²) in [6.45, 7) is 10.0. The van der Waals surface area contributed by atoms with Gasteiger partial charge >= 0.3 is 0 Å². The van der Waals surface area contributed by atoms with Crippen LogP contribution in [0.1, 0.15) is 18.2 Å². The molecule has 1 atom stereocenters. The maximum atomic E-state index is 5.47. The molecule has 1 aromatic heterocycles. The predicted octanol–water partition coefficient (Wildman–Crippen LogP) is 2.28. The largest absolute Gasteiger partial charge is 0.379 e. The summed E-state index contributed by atoms with van der Waals surface area (Å²) in [5.74, 6) is 1.08. The molecular weight excluding hydrogens is 435 g/mol. The van der Waals surface area contributed by atoms with Crippen LogP contribution in [0.5, 0.6) is 0 Å². The first kappa shape index (κ1) is 19.9. The monoisotopic (exact) mass is 464 g/mol. The molecule has 5 nitrogen and oxygen atoms in total. The predicted molar refractivity (Wildman–Crippen MR) is 112 cm³/mol. The van der Waals surface area contributed by atoms with Crippen molar-refractivity contribution in [3.63, 3.8) is 0 Å². The van der Waals surface area contributed by atoms with Gasteiger partial charge in [-0.25, -0.2) is 0 Å². The summed E-state index contributed by atoms with van der Waals surface area (Å²) in [7, 11) is 0. The number of hydrogen-bond donors (Lipinski definition) is 1. The quantitative estimate of drug-likeness (QED) is 0.413. The van der Waals surface area contributed by atoms with Gasteiger partial charge in [-0.2, -0.15) is 0 Å². The molecule has 2 fully saturated rings. The Bertz CT molecular complexity index is 491. The van der Waals surface area contributed by atoms with Gasteiger partial charge in [0.25, 0.3) is 0 Å². The number of nitrogens with one attached hydrogen (secondary N) is 1. The van der Waals surface area contributed by atoms with Crippen LogP contribution in [0.4, 0.5) is 0 Å². The van der Waals surface area contributed by atoms with Gasteiger partial charge in [-0.05, 0) is 24.8 Å². The molecule has 3 rings (SSSR count). The second-order valence-corrected chi connectivity index (χ2v) is 7.13. The molecular formula is C17H29IN4OS. The zero-order chi connectivity index (χ0) is 15.9. The fourth-order valence-electron chi connectivity index (χ4n) is 3.33. The van der Waals surface area contributed by atoms with Crippen molar-refractivity contribution in [3.8, 4) is 0 Å². The van der Waals surface area contributed by atoms with Gasteiger partial charge in [0.05, 0.1) is 13.2 Å². The number of morpholine rings is 1. The molecule has 136 valence electrons. The van der Waals surface area contributed by atoms with Crippen LogP contribution in [0, 0.1) is 0 Å². The van der Waals surface area contributed by atoms with Gasteiger partial charge in [0.2, 0.25) is 0 Å². The molecule has 0 amide bonds. The third-order valence-electron chi connectivity index (χ3n) is 4.56. The van der Waals surface area contributed by atoms with E-state index in [9.17, 15) is 0 Å². The lowest BCUT2D eigenvalue weighted by atomic mass is 10.2. The zero-order valence-electron chi connectivity index (χ0n) is 14.4. The van der Waals surface area contributed by atoms with Crippen molar-refractivity contribution in [2.75, 3.05) is 52.5 Å². The maximum Gasteiger partial charge on any atom is 0.193 e. The molecule has 1 N–H and O–H groups in total. The van der Waals surface area contributed by atoms with Crippen LogP contribution in [-0.4, -0.2) is 74.3 Å². The molecule has 0 spiro atoms. The van der Waals surface area contributed by atoms with Crippen molar-refractivity contribution >= 4 is 41.3 Å². The summed E-state index contributed by atoms with van der Waals surface area (Å²) >= 11 is 1.82. The minimum Gasteiger partial charge on any atom is -0.379 e. The first-order valence-corrected chi connectivity index (χ1v) is 9.62. The van der Waals surface area contributed by atoms with Crippen molar-refractivity contribution in [3.05, 3.63) is 22.4 Å². The Balaban J connectivity index is 0.00000208. The van der Waals surface area contributed by atoms with E-state index in [-0.39, 0.29) is 24.0 Å². The Kier molecular flexibility index (Phi) is 8.79. The van der Waals surface area contributed by atoms with E-state index in [4.69, 9.17) is 9.73 Å². The number of nitrogens with zero attached hydrogens (tertiary/aromatic N) is 3. The molecule has 24 heavy (non-hydrogen) atoms. The lowest BCUT2D eigenvalue weighted by molar-refractivity contribution is 0.0195. The average molecular weight is 464 g/mol. The van der Waals surface area contributed by atoms with Crippen molar-refractivity contribution in [1.82, 2.24) is 15.1 Å². The number of halogens is 1. The summed E-state index contributed by atoms with van der Waals surface area (Å²) in [6.07, 6.45) is 2.27. The van der Waals surface area contributed by atoms with Crippen molar-refractivity contribution in [2.45, 2.75) is 25.8 Å². The molecule has 3 heterocycles. The first-order chi connectivity index (χ1) is 11.4. The Morgan fingerprint density at radius 3 is 2.92 bits per heavy atom. The van der Waals surface area contributed by atoms with E-state index < -0.39 is 0 Å². The van der Waals surface area contributed by atoms with Crippen LogP contribution < -0.4 is 5.32 Å². The molecule has 2 aliphatic heterocycles. The van der Waals surface area contributed by atoms with Crippen molar-refractivity contribution in [1.29, 1.82) is 0 Å². The van der Waals surface area contributed by atoms with E-state index in [1.807, 2.05) is 11.3 Å². The van der Waals surface area contributed by atoms with Gasteiger partial charge in [-0.1, -0.05) is 6.07 Å². The van der Waals surface area contributed by atoms with Crippen LogP contribution in [0.2, 0.25) is 0 Å². The summed E-state index contributed by atoms with van der Waals surface area (Å²) in [6, 6.07) is 4.96. The Morgan fingerprint density at radius 2 is 2.21 bits per heavy atom. The molecule has 0 bridgehead atoms.